The number of nitrogens with zero attached hydrogens (tertiary/aromatic N) is 1. The maximum atomic E-state index is 10.2. The summed E-state index contributed by atoms with van der Waals surface area (Å²) in [5, 5.41) is 35.2. The second-order valence-electron chi connectivity index (χ2n) is 7.41. The number of carboxylic acids is 2. The molecular weight excluding hydrogens is 368 g/mol. The van der Waals surface area contributed by atoms with E-state index in [1.165, 1.54) is 32.1 Å². The lowest BCUT2D eigenvalue weighted by Gasteiger charge is -2.33. The van der Waals surface area contributed by atoms with Crippen LogP contribution >= 0.6 is 0 Å². The SMILES string of the molecule is CC(=O)O.CC(=O)O.N[C@@H](CC1CCCCC1)[C@@H](O)[C@@H](O)CN1CCOCC1. The van der Waals surface area contributed by atoms with Crippen LogP contribution in [-0.4, -0.2) is 88.4 Å². The molecule has 0 aromatic heterocycles. The molecule has 1 saturated carbocycles. The van der Waals surface area contributed by atoms with E-state index in [1.807, 2.05) is 0 Å². The van der Waals surface area contributed by atoms with Crippen LogP contribution in [0.1, 0.15) is 52.4 Å². The highest BCUT2D eigenvalue weighted by molar-refractivity contribution is 5.63. The molecule has 0 spiro atoms. The Bertz CT molecular complexity index is 379. The summed E-state index contributed by atoms with van der Waals surface area (Å²) in [6.45, 7) is 5.71. The first-order valence-corrected chi connectivity index (χ1v) is 9.94. The monoisotopic (exact) mass is 406 g/mol. The second-order valence-corrected chi connectivity index (χ2v) is 7.41. The smallest absolute Gasteiger partial charge is 0.300 e. The van der Waals surface area contributed by atoms with E-state index in [9.17, 15) is 10.2 Å². The molecule has 2 fully saturated rings. The van der Waals surface area contributed by atoms with Gasteiger partial charge in [-0.2, -0.15) is 0 Å². The molecule has 0 aromatic rings. The van der Waals surface area contributed by atoms with Gasteiger partial charge in [-0.3, -0.25) is 14.5 Å². The number of β-amino-alcohol motifs (C(OH)–C–C–N with tert-alkyl or cyclic N) is 1. The molecule has 28 heavy (non-hydrogen) atoms. The molecule has 1 saturated heterocycles. The van der Waals surface area contributed by atoms with E-state index in [1.54, 1.807) is 0 Å². The Morgan fingerprint density at radius 1 is 1.04 bits per heavy atom. The minimum Gasteiger partial charge on any atom is -0.481 e. The van der Waals surface area contributed by atoms with Crippen molar-refractivity contribution in [1.82, 2.24) is 4.90 Å². The molecule has 1 heterocycles. The van der Waals surface area contributed by atoms with Crippen LogP contribution < -0.4 is 5.73 Å². The summed E-state index contributed by atoms with van der Waals surface area (Å²) in [4.78, 5) is 20.1. The van der Waals surface area contributed by atoms with Crippen LogP contribution in [0.5, 0.6) is 0 Å². The van der Waals surface area contributed by atoms with Gasteiger partial charge in [0.05, 0.1) is 25.4 Å². The number of hydrogen-bond donors (Lipinski definition) is 5. The van der Waals surface area contributed by atoms with E-state index < -0.39 is 24.1 Å². The molecular formula is C19H38N2O7. The highest BCUT2D eigenvalue weighted by atomic mass is 16.5. The molecule has 0 amide bonds. The fraction of sp³-hybridized carbons (Fsp3) is 0.895. The average Bonchev–Trinajstić information content (AvgIpc) is 2.61. The van der Waals surface area contributed by atoms with Gasteiger partial charge in [-0.25, -0.2) is 0 Å². The molecule has 0 bridgehead atoms. The normalized spacial score (nSPS) is 21.2. The Balaban J connectivity index is 0.000000776. The standard InChI is InChI=1S/C15H30N2O3.2C2H4O2/c16-13(10-12-4-2-1-3-5-12)15(19)14(18)11-17-6-8-20-9-7-17;2*1-2(3)4/h12-15,18-19H,1-11,16H2;2*1H3,(H,3,4)/t13-,14-,15+;;/m0../s1. The Kier molecular flexibility index (Phi) is 14.9. The third-order valence-electron chi connectivity index (χ3n) is 4.71. The summed E-state index contributed by atoms with van der Waals surface area (Å²) in [5.41, 5.74) is 6.10. The number of aliphatic hydroxyl groups excluding tert-OH is 2. The van der Waals surface area contributed by atoms with Gasteiger partial charge in [-0.1, -0.05) is 32.1 Å². The average molecular weight is 407 g/mol. The lowest BCUT2D eigenvalue weighted by molar-refractivity contribution is -0.135. The van der Waals surface area contributed by atoms with Gasteiger partial charge >= 0.3 is 0 Å². The lowest BCUT2D eigenvalue weighted by Crippen LogP contribution is -2.50. The third kappa shape index (κ3) is 14.8. The van der Waals surface area contributed by atoms with Crippen molar-refractivity contribution in [3.63, 3.8) is 0 Å². The van der Waals surface area contributed by atoms with Crippen LogP contribution in [0.25, 0.3) is 0 Å². The number of hydrogen-bond acceptors (Lipinski definition) is 7. The minimum atomic E-state index is -0.833. The summed E-state index contributed by atoms with van der Waals surface area (Å²) in [6, 6.07) is -0.311. The van der Waals surface area contributed by atoms with E-state index >= 15 is 0 Å². The fourth-order valence-corrected chi connectivity index (χ4v) is 3.39. The van der Waals surface area contributed by atoms with E-state index in [-0.39, 0.29) is 6.04 Å². The number of aliphatic hydroxyl groups is 2. The first kappa shape index (κ1) is 26.7. The first-order chi connectivity index (χ1) is 13.1. The van der Waals surface area contributed by atoms with Crippen LogP contribution in [0.4, 0.5) is 0 Å². The molecule has 2 aliphatic rings. The number of aliphatic carboxylic acids is 2. The molecule has 166 valence electrons. The van der Waals surface area contributed by atoms with Gasteiger partial charge < -0.3 is 30.9 Å². The fourth-order valence-electron chi connectivity index (χ4n) is 3.39. The maximum Gasteiger partial charge on any atom is 0.300 e. The molecule has 0 radical (unpaired) electrons. The van der Waals surface area contributed by atoms with E-state index in [0.29, 0.717) is 25.7 Å². The number of nitrogens with two attached hydrogens (primary N) is 1. The molecule has 9 nitrogen and oxygen atoms in total. The molecule has 9 heteroatoms. The number of ether oxygens (including phenoxy) is 1. The van der Waals surface area contributed by atoms with Crippen LogP contribution in [0.15, 0.2) is 0 Å². The van der Waals surface area contributed by atoms with Crippen molar-refractivity contribution in [2.24, 2.45) is 11.7 Å². The summed E-state index contributed by atoms with van der Waals surface area (Å²) >= 11 is 0. The molecule has 0 unspecified atom stereocenters. The zero-order chi connectivity index (χ0) is 21.5. The number of morpholine rings is 1. The van der Waals surface area contributed by atoms with Crippen LogP contribution in [0, 0.1) is 5.92 Å². The van der Waals surface area contributed by atoms with Crippen molar-refractivity contribution >= 4 is 11.9 Å². The third-order valence-corrected chi connectivity index (χ3v) is 4.71. The molecule has 3 atom stereocenters. The molecule has 2 rings (SSSR count). The summed E-state index contributed by atoms with van der Waals surface area (Å²) < 4.78 is 5.28. The minimum absolute atomic E-state index is 0.311. The van der Waals surface area contributed by atoms with Gasteiger partial charge in [-0.05, 0) is 12.3 Å². The molecule has 1 aliphatic carbocycles. The van der Waals surface area contributed by atoms with Gasteiger partial charge in [0.15, 0.2) is 0 Å². The first-order valence-electron chi connectivity index (χ1n) is 9.94. The zero-order valence-electron chi connectivity index (χ0n) is 17.1. The van der Waals surface area contributed by atoms with Gasteiger partial charge in [0.1, 0.15) is 0 Å². The summed E-state index contributed by atoms with van der Waals surface area (Å²) in [5.74, 6) is -1.04. The van der Waals surface area contributed by atoms with Gasteiger partial charge in [0, 0.05) is 39.5 Å². The molecule has 0 aromatic carbocycles. The predicted molar refractivity (Wildman–Crippen MR) is 105 cm³/mol. The highest BCUT2D eigenvalue weighted by Crippen LogP contribution is 2.27. The van der Waals surface area contributed by atoms with Crippen molar-refractivity contribution in [3.8, 4) is 0 Å². The zero-order valence-corrected chi connectivity index (χ0v) is 17.1. The topological polar surface area (TPSA) is 154 Å². The molecule has 1 aliphatic heterocycles. The van der Waals surface area contributed by atoms with Crippen molar-refractivity contribution in [1.29, 1.82) is 0 Å². The Morgan fingerprint density at radius 3 is 1.96 bits per heavy atom. The van der Waals surface area contributed by atoms with Gasteiger partial charge in [0.2, 0.25) is 0 Å². The molecule has 6 N–H and O–H groups in total. The van der Waals surface area contributed by atoms with Crippen LogP contribution in [-0.2, 0) is 14.3 Å². The number of carboxylic acid groups (broad SMARTS) is 2. The van der Waals surface area contributed by atoms with Crippen molar-refractivity contribution in [2.45, 2.75) is 70.6 Å². The van der Waals surface area contributed by atoms with Crippen LogP contribution in [0.2, 0.25) is 0 Å². The largest absolute Gasteiger partial charge is 0.481 e. The quantitative estimate of drug-likeness (QED) is 0.425. The van der Waals surface area contributed by atoms with Crippen molar-refractivity contribution in [2.75, 3.05) is 32.8 Å². The number of carbonyl (C=O) groups is 2. The van der Waals surface area contributed by atoms with Crippen LogP contribution in [0.3, 0.4) is 0 Å². The van der Waals surface area contributed by atoms with E-state index in [0.717, 1.165) is 33.4 Å². The Morgan fingerprint density at radius 2 is 1.50 bits per heavy atom. The Hall–Kier alpha value is -1.26. The van der Waals surface area contributed by atoms with Crippen molar-refractivity contribution in [3.05, 3.63) is 0 Å². The number of rotatable bonds is 6. The van der Waals surface area contributed by atoms with Gasteiger partial charge in [-0.15, -0.1) is 0 Å². The second kappa shape index (κ2) is 15.6. The van der Waals surface area contributed by atoms with E-state index in [2.05, 4.69) is 4.90 Å². The highest BCUT2D eigenvalue weighted by Gasteiger charge is 2.28. The van der Waals surface area contributed by atoms with Gasteiger partial charge in [0.25, 0.3) is 11.9 Å². The van der Waals surface area contributed by atoms with E-state index in [4.69, 9.17) is 30.3 Å². The summed E-state index contributed by atoms with van der Waals surface area (Å²) in [6.07, 6.45) is 5.59. The predicted octanol–water partition coefficient (Wildman–Crippen LogP) is 0.520. The lowest BCUT2D eigenvalue weighted by atomic mass is 9.83. The van der Waals surface area contributed by atoms with Crippen molar-refractivity contribution < 1.29 is 34.8 Å². The summed E-state index contributed by atoms with van der Waals surface area (Å²) in [7, 11) is 0. The maximum absolute atomic E-state index is 10.2. The Labute approximate surface area is 167 Å².